The van der Waals surface area contributed by atoms with Crippen molar-refractivity contribution in [2.45, 2.75) is 26.3 Å². The predicted octanol–water partition coefficient (Wildman–Crippen LogP) is 2.56. The molecule has 0 spiro atoms. The fourth-order valence-electron chi connectivity index (χ4n) is 2.67. The van der Waals surface area contributed by atoms with Crippen LogP contribution in [0.15, 0.2) is 18.2 Å². The van der Waals surface area contributed by atoms with Gasteiger partial charge in [-0.1, -0.05) is 13.0 Å². The van der Waals surface area contributed by atoms with Crippen LogP contribution in [0.5, 0.6) is 0 Å². The summed E-state index contributed by atoms with van der Waals surface area (Å²) in [6.07, 6.45) is 1.10. The van der Waals surface area contributed by atoms with Gasteiger partial charge in [0.2, 0.25) is 0 Å². The average molecular weight is 296 g/mol. The molecule has 3 nitrogen and oxygen atoms in total. The molecule has 0 aliphatic carbocycles. The van der Waals surface area contributed by atoms with E-state index in [1.165, 1.54) is 6.07 Å². The third-order valence-corrected chi connectivity index (χ3v) is 4.23. The maximum Gasteiger partial charge on any atom is 0.182 e. The zero-order valence-corrected chi connectivity index (χ0v) is 12.6. The fraction of sp³-hybridized carbons (Fsp3) is 0.562. The van der Waals surface area contributed by atoms with E-state index in [9.17, 15) is 13.6 Å². The van der Waals surface area contributed by atoms with Crippen LogP contribution < -0.4 is 0 Å². The number of benzene rings is 1. The van der Waals surface area contributed by atoms with Gasteiger partial charge in [-0.05, 0) is 25.5 Å². The molecular formula is C16H22F2N2O. The van der Waals surface area contributed by atoms with Crippen molar-refractivity contribution < 1.29 is 13.6 Å². The highest BCUT2D eigenvalue weighted by Gasteiger charge is 2.24. The van der Waals surface area contributed by atoms with Gasteiger partial charge in [0, 0.05) is 32.2 Å². The maximum absolute atomic E-state index is 13.6. The summed E-state index contributed by atoms with van der Waals surface area (Å²) < 4.78 is 27.2. The van der Waals surface area contributed by atoms with Gasteiger partial charge in [-0.15, -0.1) is 0 Å². The van der Waals surface area contributed by atoms with Crippen molar-refractivity contribution in [3.8, 4) is 0 Å². The Hall–Kier alpha value is -1.33. The quantitative estimate of drug-likeness (QED) is 0.780. The predicted molar refractivity (Wildman–Crippen MR) is 78.5 cm³/mol. The van der Waals surface area contributed by atoms with Gasteiger partial charge >= 0.3 is 0 Å². The molecule has 0 radical (unpaired) electrons. The first kappa shape index (κ1) is 16.0. The van der Waals surface area contributed by atoms with Gasteiger partial charge in [-0.2, -0.15) is 0 Å². The maximum atomic E-state index is 13.6. The summed E-state index contributed by atoms with van der Waals surface area (Å²) in [7, 11) is 0. The van der Waals surface area contributed by atoms with E-state index < -0.39 is 23.0 Å². The highest BCUT2D eigenvalue weighted by molar-refractivity contribution is 5.98. The molecular weight excluding hydrogens is 274 g/mol. The third-order valence-electron chi connectivity index (χ3n) is 4.23. The van der Waals surface area contributed by atoms with Crippen molar-refractivity contribution in [3.05, 3.63) is 35.4 Å². The third kappa shape index (κ3) is 3.86. The molecule has 0 bridgehead atoms. The lowest BCUT2D eigenvalue weighted by atomic mass is 10.1. The Morgan fingerprint density at radius 1 is 1.19 bits per heavy atom. The number of rotatable bonds is 5. The lowest BCUT2D eigenvalue weighted by molar-refractivity contribution is 0.0778. The van der Waals surface area contributed by atoms with Crippen LogP contribution in [-0.2, 0) is 0 Å². The number of hydrogen-bond donors (Lipinski definition) is 0. The Bertz CT molecular complexity index is 479. The second kappa shape index (κ2) is 7.09. The second-order valence-electron chi connectivity index (χ2n) is 5.59. The van der Waals surface area contributed by atoms with E-state index in [4.69, 9.17) is 0 Å². The molecule has 1 unspecified atom stereocenters. The molecule has 1 fully saturated rings. The van der Waals surface area contributed by atoms with Crippen molar-refractivity contribution in [2.24, 2.45) is 0 Å². The zero-order chi connectivity index (χ0) is 15.4. The Balaban J connectivity index is 1.93. The van der Waals surface area contributed by atoms with Gasteiger partial charge in [-0.25, -0.2) is 8.78 Å². The second-order valence-corrected chi connectivity index (χ2v) is 5.59. The number of ketones is 1. The summed E-state index contributed by atoms with van der Waals surface area (Å²) in [5.74, 6) is -2.04. The molecule has 0 amide bonds. The first-order valence-corrected chi connectivity index (χ1v) is 7.46. The number of carbonyl (C=O) groups excluding carboxylic acids is 1. The highest BCUT2D eigenvalue weighted by Crippen LogP contribution is 2.14. The number of nitrogens with zero attached hydrogens (tertiary/aromatic N) is 2. The van der Waals surface area contributed by atoms with Crippen molar-refractivity contribution in [1.29, 1.82) is 0 Å². The largest absolute Gasteiger partial charge is 0.298 e. The van der Waals surface area contributed by atoms with Crippen LogP contribution in [0, 0.1) is 11.6 Å². The lowest BCUT2D eigenvalue weighted by Crippen LogP contribution is -2.50. The van der Waals surface area contributed by atoms with Crippen molar-refractivity contribution >= 4 is 5.78 Å². The average Bonchev–Trinajstić information content (AvgIpc) is 2.47. The van der Waals surface area contributed by atoms with Crippen LogP contribution >= 0.6 is 0 Å². The van der Waals surface area contributed by atoms with Crippen LogP contribution in [0.1, 0.15) is 30.6 Å². The highest BCUT2D eigenvalue weighted by atomic mass is 19.1. The van der Waals surface area contributed by atoms with E-state index in [0.717, 1.165) is 44.7 Å². The number of halogens is 2. The minimum atomic E-state index is -0.779. The van der Waals surface area contributed by atoms with Crippen LogP contribution in [0.2, 0.25) is 0 Å². The number of Topliss-reactive ketones (excluding diaryl/α,β-unsaturated/α-hetero) is 1. The molecule has 1 saturated heterocycles. The summed E-state index contributed by atoms with van der Waals surface area (Å²) in [6.45, 7) is 7.71. The number of piperazine rings is 1. The van der Waals surface area contributed by atoms with Gasteiger partial charge < -0.3 is 0 Å². The molecule has 0 saturated carbocycles. The minimum absolute atomic E-state index is 0.0756. The summed E-state index contributed by atoms with van der Waals surface area (Å²) >= 11 is 0. The Kier molecular flexibility index (Phi) is 5.42. The molecule has 21 heavy (non-hydrogen) atoms. The van der Waals surface area contributed by atoms with E-state index in [1.807, 2.05) is 4.90 Å². The molecule has 1 aromatic rings. The van der Waals surface area contributed by atoms with Gasteiger partial charge in [0.1, 0.15) is 11.6 Å². The minimum Gasteiger partial charge on any atom is -0.298 e. The molecule has 116 valence electrons. The van der Waals surface area contributed by atoms with Crippen LogP contribution in [-0.4, -0.2) is 54.3 Å². The molecule has 1 aliphatic heterocycles. The normalized spacial score (nSPS) is 18.7. The first-order chi connectivity index (χ1) is 10.0. The standard InChI is InChI=1S/C16H22F2N2O/c1-3-12(2)20-9-7-19(8-10-20)11-15(21)16-13(17)5-4-6-14(16)18/h4-6,12H,3,7-11H2,1-2H3. The number of carbonyl (C=O) groups is 1. The van der Waals surface area contributed by atoms with E-state index >= 15 is 0 Å². The van der Waals surface area contributed by atoms with E-state index in [1.54, 1.807) is 0 Å². The van der Waals surface area contributed by atoms with Crippen LogP contribution in [0.4, 0.5) is 8.78 Å². The monoisotopic (exact) mass is 296 g/mol. The van der Waals surface area contributed by atoms with Crippen molar-refractivity contribution in [2.75, 3.05) is 32.7 Å². The lowest BCUT2D eigenvalue weighted by Gasteiger charge is -2.37. The summed E-state index contributed by atoms with van der Waals surface area (Å²) in [5.41, 5.74) is -0.415. The van der Waals surface area contributed by atoms with Gasteiger partial charge in [0.15, 0.2) is 5.78 Å². The van der Waals surface area contributed by atoms with E-state index in [2.05, 4.69) is 18.7 Å². The molecule has 0 aromatic heterocycles. The van der Waals surface area contributed by atoms with Gasteiger partial charge in [0.25, 0.3) is 0 Å². The molecule has 1 aromatic carbocycles. The molecule has 2 rings (SSSR count). The summed E-state index contributed by atoms with van der Waals surface area (Å²) in [4.78, 5) is 16.4. The van der Waals surface area contributed by atoms with Crippen molar-refractivity contribution in [3.63, 3.8) is 0 Å². The smallest absolute Gasteiger partial charge is 0.182 e. The summed E-state index contributed by atoms with van der Waals surface area (Å²) in [5, 5.41) is 0. The van der Waals surface area contributed by atoms with Crippen LogP contribution in [0.25, 0.3) is 0 Å². The SMILES string of the molecule is CCC(C)N1CCN(CC(=O)c2c(F)cccc2F)CC1. The summed E-state index contributed by atoms with van der Waals surface area (Å²) in [6, 6.07) is 4.05. The van der Waals surface area contributed by atoms with E-state index in [0.29, 0.717) is 6.04 Å². The van der Waals surface area contributed by atoms with Crippen molar-refractivity contribution in [1.82, 2.24) is 9.80 Å². The van der Waals surface area contributed by atoms with Gasteiger partial charge in [-0.3, -0.25) is 14.6 Å². The van der Waals surface area contributed by atoms with Crippen LogP contribution in [0.3, 0.4) is 0 Å². The number of hydrogen-bond acceptors (Lipinski definition) is 3. The molecule has 0 N–H and O–H groups in total. The Morgan fingerprint density at radius 2 is 1.76 bits per heavy atom. The molecule has 5 heteroatoms. The fourth-order valence-corrected chi connectivity index (χ4v) is 2.67. The molecule has 1 heterocycles. The van der Waals surface area contributed by atoms with Gasteiger partial charge in [0.05, 0.1) is 12.1 Å². The Morgan fingerprint density at radius 3 is 2.29 bits per heavy atom. The molecule has 1 atom stereocenters. The topological polar surface area (TPSA) is 23.6 Å². The van der Waals surface area contributed by atoms with E-state index in [-0.39, 0.29) is 6.54 Å². The molecule has 1 aliphatic rings. The first-order valence-electron chi connectivity index (χ1n) is 7.46. The Labute approximate surface area is 124 Å². The zero-order valence-electron chi connectivity index (χ0n) is 12.6.